The van der Waals surface area contributed by atoms with Gasteiger partial charge < -0.3 is 9.47 Å². The lowest BCUT2D eigenvalue weighted by atomic mass is 10.1. The number of amides is 2. The standard InChI is InChI=1S/C14H11NO5/c16-10(5-15-13(17)8-4-9(8)14(15)18)7-1-2-11-12(3-7)20-6-19-11/h1-3,8-9H,4-6H2. The van der Waals surface area contributed by atoms with Crippen LogP contribution in [0.2, 0.25) is 0 Å². The summed E-state index contributed by atoms with van der Waals surface area (Å²) in [5, 5.41) is 0. The fourth-order valence-electron chi connectivity index (χ4n) is 2.71. The van der Waals surface area contributed by atoms with Gasteiger partial charge in [0.05, 0.1) is 18.4 Å². The van der Waals surface area contributed by atoms with Crippen molar-refractivity contribution < 1.29 is 23.9 Å². The van der Waals surface area contributed by atoms with Gasteiger partial charge in [0, 0.05) is 5.56 Å². The molecule has 2 heterocycles. The number of carbonyl (C=O) groups is 3. The Balaban J connectivity index is 1.53. The number of hydrogen-bond acceptors (Lipinski definition) is 5. The molecule has 2 aliphatic heterocycles. The first-order chi connectivity index (χ1) is 9.65. The van der Waals surface area contributed by atoms with Crippen LogP contribution in [0.4, 0.5) is 0 Å². The van der Waals surface area contributed by atoms with Crippen molar-refractivity contribution in [1.29, 1.82) is 0 Å². The summed E-state index contributed by atoms with van der Waals surface area (Å²) in [5.74, 6) is 0.0579. The van der Waals surface area contributed by atoms with E-state index in [1.165, 1.54) is 0 Å². The van der Waals surface area contributed by atoms with Gasteiger partial charge >= 0.3 is 0 Å². The SMILES string of the molecule is O=C(CN1C(=O)C2CC2C1=O)c1ccc2c(c1)OCO2. The molecule has 6 nitrogen and oxygen atoms in total. The molecule has 6 heteroatoms. The van der Waals surface area contributed by atoms with Crippen LogP contribution < -0.4 is 9.47 Å². The Hall–Kier alpha value is -2.37. The molecule has 0 aromatic heterocycles. The Morgan fingerprint density at radius 2 is 1.85 bits per heavy atom. The number of rotatable bonds is 3. The third kappa shape index (κ3) is 1.54. The van der Waals surface area contributed by atoms with Crippen molar-refractivity contribution in [2.24, 2.45) is 11.8 Å². The lowest BCUT2D eigenvalue weighted by molar-refractivity contribution is -0.140. The van der Waals surface area contributed by atoms with Crippen molar-refractivity contribution in [2.45, 2.75) is 6.42 Å². The fraction of sp³-hybridized carbons (Fsp3) is 0.357. The second kappa shape index (κ2) is 3.82. The number of fused-ring (bicyclic) bond motifs is 2. The van der Waals surface area contributed by atoms with Crippen LogP contribution in [0.3, 0.4) is 0 Å². The van der Waals surface area contributed by atoms with E-state index >= 15 is 0 Å². The summed E-state index contributed by atoms with van der Waals surface area (Å²) in [6, 6.07) is 4.85. The molecule has 0 radical (unpaired) electrons. The molecule has 2 atom stereocenters. The van der Waals surface area contributed by atoms with Crippen molar-refractivity contribution in [3.05, 3.63) is 23.8 Å². The highest BCUT2D eigenvalue weighted by molar-refractivity contribution is 6.12. The van der Waals surface area contributed by atoms with Crippen LogP contribution in [0.25, 0.3) is 0 Å². The maximum absolute atomic E-state index is 12.2. The minimum atomic E-state index is -0.272. The quantitative estimate of drug-likeness (QED) is 0.595. The van der Waals surface area contributed by atoms with Crippen LogP contribution >= 0.6 is 0 Å². The van der Waals surface area contributed by atoms with Crippen LogP contribution in [-0.2, 0) is 9.59 Å². The van der Waals surface area contributed by atoms with Gasteiger partial charge in [-0.15, -0.1) is 0 Å². The van der Waals surface area contributed by atoms with Gasteiger partial charge in [-0.3, -0.25) is 19.3 Å². The molecule has 20 heavy (non-hydrogen) atoms. The van der Waals surface area contributed by atoms with Crippen LogP contribution in [0.5, 0.6) is 11.5 Å². The summed E-state index contributed by atoms with van der Waals surface area (Å²) in [4.78, 5) is 36.9. The van der Waals surface area contributed by atoms with Crippen LogP contribution in [0.15, 0.2) is 18.2 Å². The van der Waals surface area contributed by atoms with Crippen molar-refractivity contribution in [3.8, 4) is 11.5 Å². The smallest absolute Gasteiger partial charge is 0.233 e. The molecule has 1 aromatic rings. The molecule has 1 aliphatic carbocycles. The molecule has 0 bridgehead atoms. The summed E-state index contributed by atoms with van der Waals surface area (Å²) in [6.07, 6.45) is 0.645. The minimum Gasteiger partial charge on any atom is -0.454 e. The molecule has 2 fully saturated rings. The number of benzene rings is 1. The summed E-state index contributed by atoms with van der Waals surface area (Å²) in [7, 11) is 0. The summed E-state index contributed by atoms with van der Waals surface area (Å²) < 4.78 is 10.4. The van der Waals surface area contributed by atoms with E-state index in [1.807, 2.05) is 0 Å². The Morgan fingerprint density at radius 3 is 2.60 bits per heavy atom. The van der Waals surface area contributed by atoms with Crippen molar-refractivity contribution in [1.82, 2.24) is 4.90 Å². The first-order valence-electron chi connectivity index (χ1n) is 6.43. The van der Waals surface area contributed by atoms with E-state index in [9.17, 15) is 14.4 Å². The lowest BCUT2D eigenvalue weighted by Gasteiger charge is -2.15. The van der Waals surface area contributed by atoms with Gasteiger partial charge in [0.15, 0.2) is 17.3 Å². The van der Waals surface area contributed by atoms with Gasteiger partial charge in [0.1, 0.15) is 0 Å². The zero-order chi connectivity index (χ0) is 13.9. The van der Waals surface area contributed by atoms with Gasteiger partial charge in [-0.2, -0.15) is 0 Å². The van der Waals surface area contributed by atoms with Crippen molar-refractivity contribution in [3.63, 3.8) is 0 Å². The molecule has 1 aromatic carbocycles. The molecule has 4 rings (SSSR count). The monoisotopic (exact) mass is 273 g/mol. The Bertz CT molecular complexity index is 633. The molecule has 0 spiro atoms. The molecular formula is C14H11NO5. The second-order valence-electron chi connectivity index (χ2n) is 5.20. The molecule has 2 amide bonds. The average molecular weight is 273 g/mol. The van der Waals surface area contributed by atoms with E-state index in [1.54, 1.807) is 18.2 Å². The van der Waals surface area contributed by atoms with E-state index in [-0.39, 0.29) is 42.8 Å². The zero-order valence-corrected chi connectivity index (χ0v) is 10.5. The maximum atomic E-state index is 12.2. The fourth-order valence-corrected chi connectivity index (χ4v) is 2.71. The summed E-state index contributed by atoms with van der Waals surface area (Å²) >= 11 is 0. The number of nitrogens with zero attached hydrogens (tertiary/aromatic N) is 1. The average Bonchev–Trinajstić information content (AvgIpc) is 3.05. The van der Waals surface area contributed by atoms with Gasteiger partial charge in [-0.1, -0.05) is 0 Å². The predicted molar refractivity (Wildman–Crippen MR) is 65.2 cm³/mol. The third-order valence-electron chi connectivity index (χ3n) is 3.95. The number of hydrogen-bond donors (Lipinski definition) is 0. The molecule has 1 saturated heterocycles. The normalized spacial score (nSPS) is 25.9. The molecule has 1 saturated carbocycles. The Labute approximate surface area is 114 Å². The van der Waals surface area contributed by atoms with Crippen molar-refractivity contribution in [2.75, 3.05) is 13.3 Å². The van der Waals surface area contributed by atoms with Gasteiger partial charge in [-0.25, -0.2) is 0 Å². The number of piperidine rings is 1. The number of Topliss-reactive ketones (excluding diaryl/α,β-unsaturated/α-hetero) is 1. The first kappa shape index (κ1) is 11.5. The number of carbonyl (C=O) groups excluding carboxylic acids is 3. The van der Waals surface area contributed by atoms with Gasteiger partial charge in [-0.05, 0) is 24.6 Å². The van der Waals surface area contributed by atoms with E-state index in [4.69, 9.17) is 9.47 Å². The molecule has 2 unspecified atom stereocenters. The number of ether oxygens (including phenoxy) is 2. The molecular weight excluding hydrogens is 262 g/mol. The molecule has 102 valence electrons. The second-order valence-corrected chi connectivity index (χ2v) is 5.20. The van der Waals surface area contributed by atoms with Crippen LogP contribution in [-0.4, -0.2) is 35.8 Å². The first-order valence-corrected chi connectivity index (χ1v) is 6.43. The van der Waals surface area contributed by atoms with E-state index in [0.29, 0.717) is 23.5 Å². The van der Waals surface area contributed by atoms with E-state index < -0.39 is 0 Å². The van der Waals surface area contributed by atoms with E-state index in [0.717, 1.165) is 4.90 Å². The topological polar surface area (TPSA) is 72.9 Å². The van der Waals surface area contributed by atoms with Gasteiger partial charge in [0.25, 0.3) is 0 Å². The Kier molecular flexibility index (Phi) is 2.19. The zero-order valence-electron chi connectivity index (χ0n) is 10.5. The highest BCUT2D eigenvalue weighted by Gasteiger charge is 2.59. The summed E-state index contributed by atoms with van der Waals surface area (Å²) in [6.45, 7) is -0.0518. The number of imide groups is 1. The van der Waals surface area contributed by atoms with E-state index in [2.05, 4.69) is 0 Å². The number of likely N-dealkylation sites (tertiary alicyclic amines) is 1. The minimum absolute atomic E-state index is 0.138. The largest absolute Gasteiger partial charge is 0.454 e. The number of ketones is 1. The van der Waals surface area contributed by atoms with Crippen LogP contribution in [0.1, 0.15) is 16.8 Å². The highest BCUT2D eigenvalue weighted by atomic mass is 16.7. The molecule has 3 aliphatic rings. The third-order valence-corrected chi connectivity index (χ3v) is 3.95. The lowest BCUT2D eigenvalue weighted by Crippen LogP contribution is -2.37. The van der Waals surface area contributed by atoms with Gasteiger partial charge in [0.2, 0.25) is 18.6 Å². The maximum Gasteiger partial charge on any atom is 0.233 e. The predicted octanol–water partition coefficient (Wildman–Crippen LogP) is 0.603. The van der Waals surface area contributed by atoms with Crippen LogP contribution in [0, 0.1) is 11.8 Å². The Morgan fingerprint density at radius 1 is 1.15 bits per heavy atom. The highest BCUT2D eigenvalue weighted by Crippen LogP contribution is 2.46. The summed E-state index contributed by atoms with van der Waals surface area (Å²) in [5.41, 5.74) is 0.412. The van der Waals surface area contributed by atoms with Crippen molar-refractivity contribution >= 4 is 17.6 Å². The molecule has 0 N–H and O–H groups in total.